The number of amides is 3. The Hall–Kier alpha value is -3.15. The van der Waals surface area contributed by atoms with Crippen molar-refractivity contribution < 1.29 is 14.4 Å². The van der Waals surface area contributed by atoms with E-state index in [1.807, 2.05) is 37.3 Å². The molecule has 2 N–H and O–H groups in total. The SMILES string of the molecule is CC(=O)Nc1ccc(NC(=O)C2CC(=O)N(c3cccc(C(C)C)c3)C2)cc1C. The van der Waals surface area contributed by atoms with Crippen molar-refractivity contribution in [1.82, 2.24) is 0 Å². The maximum absolute atomic E-state index is 12.7. The van der Waals surface area contributed by atoms with E-state index in [1.165, 1.54) is 6.92 Å². The molecular formula is C23H27N3O3. The Bertz CT molecular complexity index is 952. The van der Waals surface area contributed by atoms with E-state index in [0.717, 1.165) is 16.8 Å². The zero-order valence-corrected chi connectivity index (χ0v) is 17.3. The molecule has 2 aromatic carbocycles. The van der Waals surface area contributed by atoms with Crippen LogP contribution in [0, 0.1) is 12.8 Å². The summed E-state index contributed by atoms with van der Waals surface area (Å²) in [6.45, 7) is 7.91. The molecule has 0 saturated carbocycles. The van der Waals surface area contributed by atoms with Crippen LogP contribution in [0.1, 0.15) is 44.2 Å². The molecule has 3 rings (SSSR count). The van der Waals surface area contributed by atoms with Gasteiger partial charge in [0.2, 0.25) is 17.7 Å². The summed E-state index contributed by atoms with van der Waals surface area (Å²) in [7, 11) is 0. The topological polar surface area (TPSA) is 78.5 Å². The molecule has 0 aliphatic carbocycles. The number of hydrogen-bond acceptors (Lipinski definition) is 3. The van der Waals surface area contributed by atoms with Gasteiger partial charge in [-0.15, -0.1) is 0 Å². The number of rotatable bonds is 5. The van der Waals surface area contributed by atoms with E-state index in [9.17, 15) is 14.4 Å². The van der Waals surface area contributed by atoms with E-state index in [-0.39, 0.29) is 24.1 Å². The number of anilines is 3. The molecule has 6 nitrogen and oxygen atoms in total. The summed E-state index contributed by atoms with van der Waals surface area (Å²) < 4.78 is 0. The average Bonchev–Trinajstić information content (AvgIpc) is 3.05. The summed E-state index contributed by atoms with van der Waals surface area (Å²) in [5, 5.41) is 5.64. The first-order chi connectivity index (χ1) is 13.7. The van der Waals surface area contributed by atoms with Crippen molar-refractivity contribution in [3.05, 3.63) is 53.6 Å². The maximum Gasteiger partial charge on any atom is 0.229 e. The van der Waals surface area contributed by atoms with Crippen molar-refractivity contribution in [3.8, 4) is 0 Å². The third-order valence-corrected chi connectivity index (χ3v) is 5.15. The average molecular weight is 393 g/mol. The van der Waals surface area contributed by atoms with E-state index >= 15 is 0 Å². The van der Waals surface area contributed by atoms with Crippen LogP contribution in [-0.2, 0) is 14.4 Å². The van der Waals surface area contributed by atoms with Gasteiger partial charge in [0, 0.05) is 37.0 Å². The molecule has 1 aliphatic rings. The fourth-order valence-electron chi connectivity index (χ4n) is 3.50. The number of hydrogen-bond donors (Lipinski definition) is 2. The largest absolute Gasteiger partial charge is 0.326 e. The lowest BCUT2D eigenvalue weighted by Crippen LogP contribution is -2.28. The lowest BCUT2D eigenvalue weighted by atomic mass is 10.0. The van der Waals surface area contributed by atoms with Crippen LogP contribution in [0.5, 0.6) is 0 Å². The predicted molar refractivity (Wildman–Crippen MR) is 115 cm³/mol. The first kappa shape index (κ1) is 20.6. The van der Waals surface area contributed by atoms with E-state index in [1.54, 1.807) is 17.0 Å². The van der Waals surface area contributed by atoms with Gasteiger partial charge < -0.3 is 15.5 Å². The van der Waals surface area contributed by atoms with E-state index < -0.39 is 5.92 Å². The fraction of sp³-hybridized carbons (Fsp3) is 0.348. The van der Waals surface area contributed by atoms with E-state index in [0.29, 0.717) is 23.8 Å². The summed E-state index contributed by atoms with van der Waals surface area (Å²) in [6.07, 6.45) is 0.195. The monoisotopic (exact) mass is 393 g/mol. The van der Waals surface area contributed by atoms with Crippen LogP contribution in [-0.4, -0.2) is 24.3 Å². The Morgan fingerprint density at radius 3 is 2.52 bits per heavy atom. The highest BCUT2D eigenvalue weighted by Crippen LogP contribution is 2.29. The minimum absolute atomic E-state index is 0.0387. The summed E-state index contributed by atoms with van der Waals surface area (Å²) in [4.78, 5) is 38.2. The first-order valence-corrected chi connectivity index (χ1v) is 9.84. The van der Waals surface area contributed by atoms with Crippen LogP contribution in [0.2, 0.25) is 0 Å². The van der Waals surface area contributed by atoms with E-state index in [4.69, 9.17) is 0 Å². The zero-order valence-electron chi connectivity index (χ0n) is 17.3. The summed E-state index contributed by atoms with van der Waals surface area (Å²) in [5.41, 5.74) is 4.22. The Balaban J connectivity index is 1.68. The Morgan fingerprint density at radius 2 is 1.86 bits per heavy atom. The Labute approximate surface area is 171 Å². The van der Waals surface area contributed by atoms with Crippen molar-refractivity contribution in [2.24, 2.45) is 5.92 Å². The van der Waals surface area contributed by atoms with Crippen LogP contribution < -0.4 is 15.5 Å². The smallest absolute Gasteiger partial charge is 0.229 e. The van der Waals surface area contributed by atoms with Crippen molar-refractivity contribution >= 4 is 34.8 Å². The third kappa shape index (κ3) is 4.83. The standard InChI is InChI=1S/C23H27N3O3/c1-14(2)17-6-5-7-20(11-17)26-13-18(12-22(26)28)23(29)25-19-8-9-21(15(3)10-19)24-16(4)27/h5-11,14,18H,12-13H2,1-4H3,(H,24,27)(H,25,29). The normalized spacial score (nSPS) is 16.2. The van der Waals surface area contributed by atoms with Gasteiger partial charge in [-0.1, -0.05) is 26.0 Å². The maximum atomic E-state index is 12.7. The van der Waals surface area contributed by atoms with Gasteiger partial charge in [0.1, 0.15) is 0 Å². The highest BCUT2D eigenvalue weighted by Gasteiger charge is 2.35. The Kier molecular flexibility index (Phi) is 6.01. The molecule has 152 valence electrons. The van der Waals surface area contributed by atoms with Gasteiger partial charge in [0.05, 0.1) is 5.92 Å². The molecule has 0 bridgehead atoms. The molecule has 1 heterocycles. The highest BCUT2D eigenvalue weighted by atomic mass is 16.2. The minimum atomic E-state index is -0.402. The molecule has 1 fully saturated rings. The van der Waals surface area contributed by atoms with Crippen LogP contribution in [0.15, 0.2) is 42.5 Å². The minimum Gasteiger partial charge on any atom is -0.326 e. The van der Waals surface area contributed by atoms with Gasteiger partial charge >= 0.3 is 0 Å². The molecule has 0 radical (unpaired) electrons. The van der Waals surface area contributed by atoms with Crippen molar-refractivity contribution in [3.63, 3.8) is 0 Å². The van der Waals surface area contributed by atoms with Crippen molar-refractivity contribution in [1.29, 1.82) is 0 Å². The summed E-state index contributed by atoms with van der Waals surface area (Å²) in [6, 6.07) is 13.2. The molecule has 3 amide bonds. The second-order valence-electron chi connectivity index (χ2n) is 7.86. The van der Waals surface area contributed by atoms with Gasteiger partial charge in [-0.3, -0.25) is 14.4 Å². The fourth-order valence-corrected chi connectivity index (χ4v) is 3.50. The van der Waals surface area contributed by atoms with Gasteiger partial charge in [-0.2, -0.15) is 0 Å². The molecular weight excluding hydrogens is 366 g/mol. The highest BCUT2D eigenvalue weighted by molar-refractivity contribution is 6.03. The molecule has 6 heteroatoms. The Morgan fingerprint density at radius 1 is 1.10 bits per heavy atom. The number of carbonyl (C=O) groups excluding carboxylic acids is 3. The van der Waals surface area contributed by atoms with Crippen molar-refractivity contribution in [2.45, 2.75) is 40.0 Å². The number of nitrogens with zero attached hydrogens (tertiary/aromatic N) is 1. The lowest BCUT2D eigenvalue weighted by Gasteiger charge is -2.18. The van der Waals surface area contributed by atoms with Gasteiger partial charge in [0.15, 0.2) is 0 Å². The lowest BCUT2D eigenvalue weighted by molar-refractivity contribution is -0.122. The predicted octanol–water partition coefficient (Wildman–Crippen LogP) is 4.07. The first-order valence-electron chi connectivity index (χ1n) is 9.84. The molecule has 2 aromatic rings. The molecule has 29 heavy (non-hydrogen) atoms. The summed E-state index contributed by atoms with van der Waals surface area (Å²) in [5.74, 6) is -0.386. The number of carbonyl (C=O) groups is 3. The quantitative estimate of drug-likeness (QED) is 0.804. The molecule has 1 unspecified atom stereocenters. The van der Waals surface area contributed by atoms with Gasteiger partial charge in [0.25, 0.3) is 0 Å². The van der Waals surface area contributed by atoms with Crippen LogP contribution in [0.25, 0.3) is 0 Å². The molecule has 0 aromatic heterocycles. The van der Waals surface area contributed by atoms with Crippen LogP contribution in [0.4, 0.5) is 17.1 Å². The molecule has 1 aliphatic heterocycles. The van der Waals surface area contributed by atoms with Gasteiger partial charge in [-0.05, 0) is 54.3 Å². The van der Waals surface area contributed by atoms with Crippen molar-refractivity contribution in [2.75, 3.05) is 22.1 Å². The molecule has 1 saturated heterocycles. The number of aryl methyl sites for hydroxylation is 1. The summed E-state index contributed by atoms with van der Waals surface area (Å²) >= 11 is 0. The van der Waals surface area contributed by atoms with Crippen LogP contribution >= 0.6 is 0 Å². The molecule has 0 spiro atoms. The second-order valence-corrected chi connectivity index (χ2v) is 7.86. The number of benzene rings is 2. The zero-order chi connectivity index (χ0) is 21.1. The third-order valence-electron chi connectivity index (χ3n) is 5.15. The number of nitrogens with one attached hydrogen (secondary N) is 2. The second kappa shape index (κ2) is 8.47. The van der Waals surface area contributed by atoms with Gasteiger partial charge in [-0.25, -0.2) is 0 Å². The van der Waals surface area contributed by atoms with Crippen LogP contribution in [0.3, 0.4) is 0 Å². The van der Waals surface area contributed by atoms with E-state index in [2.05, 4.69) is 24.5 Å². The molecule has 1 atom stereocenters.